The molecule has 0 aliphatic heterocycles. The molecule has 30 heavy (non-hydrogen) atoms. The van der Waals surface area contributed by atoms with Crippen LogP contribution in [0.3, 0.4) is 0 Å². The van der Waals surface area contributed by atoms with Crippen LogP contribution in [-0.2, 0) is 14.8 Å². The number of sulfonamides is 1. The van der Waals surface area contributed by atoms with E-state index < -0.39 is 22.5 Å². The highest BCUT2D eigenvalue weighted by Crippen LogP contribution is 2.28. The number of carbonyl (C=O) groups is 1. The minimum Gasteiger partial charge on any atom is -0.494 e. The van der Waals surface area contributed by atoms with Gasteiger partial charge in [0.15, 0.2) is 0 Å². The average Bonchev–Trinajstić information content (AvgIpc) is 2.74. The first-order valence-electron chi connectivity index (χ1n) is 9.20. The van der Waals surface area contributed by atoms with Gasteiger partial charge in [0, 0.05) is 0 Å². The van der Waals surface area contributed by atoms with Crippen LogP contribution in [0.25, 0.3) is 0 Å². The van der Waals surface area contributed by atoms with Gasteiger partial charge in [-0.3, -0.25) is 9.10 Å². The number of nitrogens with zero attached hydrogens (tertiary/aromatic N) is 1. The van der Waals surface area contributed by atoms with Crippen LogP contribution in [0.1, 0.15) is 6.92 Å². The van der Waals surface area contributed by atoms with Gasteiger partial charge in [0.25, 0.3) is 10.0 Å². The van der Waals surface area contributed by atoms with Crippen LogP contribution in [0.4, 0.5) is 5.69 Å². The second kappa shape index (κ2) is 9.32. The number of benzene rings is 3. The van der Waals surface area contributed by atoms with E-state index in [0.717, 1.165) is 4.31 Å². The third-order valence-electron chi connectivity index (χ3n) is 4.11. The summed E-state index contributed by atoms with van der Waals surface area (Å²) < 4.78 is 38.1. The lowest BCUT2D eigenvalue weighted by Crippen LogP contribution is -2.35. The molecular weight excluding hydrogens is 406 g/mol. The summed E-state index contributed by atoms with van der Waals surface area (Å²) in [6.45, 7) is 1.56. The lowest BCUT2D eigenvalue weighted by molar-refractivity contribution is -0.135. The molecule has 0 atom stereocenters. The fraction of sp³-hybridized carbons (Fsp3) is 0.136. The van der Waals surface area contributed by atoms with E-state index in [1.54, 1.807) is 24.3 Å². The third kappa shape index (κ3) is 5.09. The second-order valence-corrected chi connectivity index (χ2v) is 8.08. The zero-order valence-electron chi connectivity index (χ0n) is 16.3. The molecule has 0 aromatic heterocycles. The number of hydrogen-bond acceptors (Lipinski definition) is 5. The topological polar surface area (TPSA) is 93.1 Å². The van der Waals surface area contributed by atoms with E-state index in [2.05, 4.69) is 0 Å². The summed E-state index contributed by atoms with van der Waals surface area (Å²) in [5.74, 6) is 0.395. The molecule has 0 fully saturated rings. The Balaban J connectivity index is 1.88. The molecule has 0 amide bonds. The van der Waals surface area contributed by atoms with Crippen LogP contribution in [0.2, 0.25) is 0 Å². The largest absolute Gasteiger partial charge is 0.494 e. The lowest BCUT2D eigenvalue weighted by atomic mass is 10.3. The van der Waals surface area contributed by atoms with Crippen molar-refractivity contribution in [2.45, 2.75) is 11.8 Å². The minimum atomic E-state index is -4.10. The highest BCUT2D eigenvalue weighted by atomic mass is 32.2. The predicted octanol–water partition coefficient (Wildman–Crippen LogP) is 4.16. The molecule has 7 nitrogen and oxygen atoms in total. The standard InChI is InChI=1S/C22H21NO6S/c1-2-28-18-12-14-21(15-13-18)30(26,27)23(16-22(24)25)17-8-10-20(11-9-17)29-19-6-4-3-5-7-19/h3-15H,2,16H2,1H3,(H,24,25). The summed E-state index contributed by atoms with van der Waals surface area (Å²) >= 11 is 0. The number of rotatable bonds is 9. The van der Waals surface area contributed by atoms with E-state index >= 15 is 0 Å². The van der Waals surface area contributed by atoms with E-state index in [0.29, 0.717) is 23.9 Å². The van der Waals surface area contributed by atoms with Crippen molar-refractivity contribution in [2.75, 3.05) is 17.5 Å². The molecule has 3 aromatic rings. The van der Waals surface area contributed by atoms with E-state index in [1.165, 1.54) is 36.4 Å². The van der Waals surface area contributed by atoms with Gasteiger partial charge in [0.1, 0.15) is 23.8 Å². The molecular formula is C22H21NO6S. The van der Waals surface area contributed by atoms with Gasteiger partial charge in [-0.25, -0.2) is 8.42 Å². The number of hydrogen-bond donors (Lipinski definition) is 1. The normalized spacial score (nSPS) is 11.0. The number of para-hydroxylation sites is 1. The van der Waals surface area contributed by atoms with E-state index in [4.69, 9.17) is 9.47 Å². The summed E-state index contributed by atoms with van der Waals surface area (Å²) in [5, 5.41) is 9.27. The van der Waals surface area contributed by atoms with Crippen molar-refractivity contribution in [3.8, 4) is 17.2 Å². The predicted molar refractivity (Wildman–Crippen MR) is 113 cm³/mol. The number of aliphatic carboxylic acids is 1. The molecule has 8 heteroatoms. The Morgan fingerprint density at radius 3 is 2.00 bits per heavy atom. The molecule has 3 rings (SSSR count). The molecule has 156 valence electrons. The van der Waals surface area contributed by atoms with Crippen LogP contribution in [0.5, 0.6) is 17.2 Å². The molecule has 0 aliphatic carbocycles. The van der Waals surface area contributed by atoms with Gasteiger partial charge in [0.2, 0.25) is 0 Å². The Kier molecular flexibility index (Phi) is 6.58. The summed E-state index contributed by atoms with van der Waals surface area (Å²) in [5.41, 5.74) is 0.215. The van der Waals surface area contributed by atoms with Crippen molar-refractivity contribution in [2.24, 2.45) is 0 Å². The van der Waals surface area contributed by atoms with Crippen molar-refractivity contribution in [3.63, 3.8) is 0 Å². The first-order valence-corrected chi connectivity index (χ1v) is 10.6. The quantitative estimate of drug-likeness (QED) is 0.551. The van der Waals surface area contributed by atoms with Crippen molar-refractivity contribution >= 4 is 21.7 Å². The van der Waals surface area contributed by atoms with Crippen LogP contribution < -0.4 is 13.8 Å². The Bertz CT molecular complexity index is 1080. The highest BCUT2D eigenvalue weighted by Gasteiger charge is 2.27. The molecule has 0 bridgehead atoms. The number of carboxylic acids is 1. The second-order valence-electron chi connectivity index (χ2n) is 6.22. The average molecular weight is 427 g/mol. The first-order chi connectivity index (χ1) is 14.4. The summed E-state index contributed by atoms with van der Waals surface area (Å²) in [4.78, 5) is 11.3. The van der Waals surface area contributed by atoms with Gasteiger partial charge < -0.3 is 14.6 Å². The summed E-state index contributed by atoms with van der Waals surface area (Å²) in [7, 11) is -4.10. The first kappa shape index (κ1) is 21.2. The van der Waals surface area contributed by atoms with Gasteiger partial charge in [0.05, 0.1) is 17.2 Å². The van der Waals surface area contributed by atoms with Gasteiger partial charge in [-0.05, 0) is 67.6 Å². The molecule has 3 aromatic carbocycles. The van der Waals surface area contributed by atoms with Gasteiger partial charge in [-0.2, -0.15) is 0 Å². The van der Waals surface area contributed by atoms with Crippen molar-refractivity contribution in [3.05, 3.63) is 78.9 Å². The Morgan fingerprint density at radius 1 is 0.867 bits per heavy atom. The third-order valence-corrected chi connectivity index (χ3v) is 5.89. The Morgan fingerprint density at radius 2 is 1.43 bits per heavy atom. The zero-order valence-corrected chi connectivity index (χ0v) is 17.1. The van der Waals surface area contributed by atoms with Crippen LogP contribution in [0, 0.1) is 0 Å². The Hall–Kier alpha value is -3.52. The molecule has 0 saturated carbocycles. The Labute approximate surface area is 175 Å². The fourth-order valence-electron chi connectivity index (χ4n) is 2.74. The summed E-state index contributed by atoms with van der Waals surface area (Å²) in [6, 6.07) is 21.2. The maximum atomic E-state index is 13.1. The molecule has 0 radical (unpaired) electrons. The van der Waals surface area contributed by atoms with Gasteiger partial charge in [-0.15, -0.1) is 0 Å². The van der Waals surface area contributed by atoms with Crippen LogP contribution in [0.15, 0.2) is 83.8 Å². The van der Waals surface area contributed by atoms with Crippen LogP contribution in [-0.4, -0.2) is 32.6 Å². The van der Waals surface area contributed by atoms with E-state index in [9.17, 15) is 18.3 Å². The maximum Gasteiger partial charge on any atom is 0.324 e. The molecule has 0 saturated heterocycles. The molecule has 0 heterocycles. The highest BCUT2D eigenvalue weighted by molar-refractivity contribution is 7.92. The molecule has 0 unspecified atom stereocenters. The summed E-state index contributed by atoms with van der Waals surface area (Å²) in [6.07, 6.45) is 0. The van der Waals surface area contributed by atoms with Crippen molar-refractivity contribution in [1.29, 1.82) is 0 Å². The van der Waals surface area contributed by atoms with E-state index in [1.807, 2.05) is 25.1 Å². The van der Waals surface area contributed by atoms with Crippen molar-refractivity contribution < 1.29 is 27.8 Å². The minimum absolute atomic E-state index is 0.0307. The van der Waals surface area contributed by atoms with E-state index in [-0.39, 0.29) is 10.6 Å². The zero-order chi connectivity index (χ0) is 21.6. The van der Waals surface area contributed by atoms with Gasteiger partial charge >= 0.3 is 5.97 Å². The maximum absolute atomic E-state index is 13.1. The van der Waals surface area contributed by atoms with Crippen molar-refractivity contribution in [1.82, 2.24) is 0 Å². The molecule has 0 aliphatic rings. The lowest BCUT2D eigenvalue weighted by Gasteiger charge is -2.23. The number of carboxylic acid groups (broad SMARTS) is 1. The molecule has 1 N–H and O–H groups in total. The monoisotopic (exact) mass is 427 g/mol. The van der Waals surface area contributed by atoms with Crippen LogP contribution >= 0.6 is 0 Å². The smallest absolute Gasteiger partial charge is 0.324 e. The number of anilines is 1. The number of ether oxygens (including phenoxy) is 2. The fourth-order valence-corrected chi connectivity index (χ4v) is 4.16. The SMILES string of the molecule is CCOc1ccc(S(=O)(=O)N(CC(=O)O)c2ccc(Oc3ccccc3)cc2)cc1. The molecule has 0 spiro atoms. The van der Waals surface area contributed by atoms with Gasteiger partial charge in [-0.1, -0.05) is 18.2 Å².